The van der Waals surface area contributed by atoms with Gasteiger partial charge in [0.05, 0.1) is 15.5 Å². The first-order valence-electron chi connectivity index (χ1n) is 6.88. The van der Waals surface area contributed by atoms with Crippen LogP contribution < -0.4 is 5.73 Å². The molecule has 0 radical (unpaired) electrons. The van der Waals surface area contributed by atoms with E-state index in [1.54, 1.807) is 23.5 Å². The number of piperidine rings is 1. The Labute approximate surface area is 140 Å². The van der Waals surface area contributed by atoms with Gasteiger partial charge in [-0.25, -0.2) is 0 Å². The number of thioether (sulfide) groups is 2. The van der Waals surface area contributed by atoms with Crippen LogP contribution in [0.25, 0.3) is 0 Å². The zero-order chi connectivity index (χ0) is 15.3. The molecule has 1 heterocycles. The predicted octanol–water partition coefficient (Wildman–Crippen LogP) is 2.79. The molecular formula is C15H20N2OS3. The van der Waals surface area contributed by atoms with Crippen LogP contribution in [0.1, 0.15) is 12.8 Å². The molecule has 1 saturated heterocycles. The fourth-order valence-corrected chi connectivity index (χ4v) is 4.49. The predicted molar refractivity (Wildman–Crippen MR) is 96.0 cm³/mol. The molecule has 1 aromatic rings. The minimum absolute atomic E-state index is 0.126. The highest BCUT2D eigenvalue weighted by atomic mass is 32.2. The number of likely N-dealkylation sites (tertiary alicyclic amines) is 1. The highest BCUT2D eigenvalue weighted by molar-refractivity contribution is 8.02. The van der Waals surface area contributed by atoms with Crippen LogP contribution in [0.4, 0.5) is 0 Å². The molecule has 1 aromatic carbocycles. The van der Waals surface area contributed by atoms with Crippen LogP contribution in [-0.2, 0) is 4.79 Å². The normalized spacial score (nSPS) is 17.5. The zero-order valence-corrected chi connectivity index (χ0v) is 14.5. The van der Waals surface area contributed by atoms with E-state index in [-0.39, 0.29) is 10.7 Å². The Kier molecular flexibility index (Phi) is 5.96. The molecule has 1 aliphatic heterocycles. The quantitative estimate of drug-likeness (QED) is 0.660. The molecule has 0 atom stereocenters. The number of benzene rings is 1. The van der Waals surface area contributed by atoms with E-state index in [9.17, 15) is 4.79 Å². The fourth-order valence-electron chi connectivity index (χ4n) is 2.42. The first-order valence-corrected chi connectivity index (χ1v) is 9.50. The van der Waals surface area contributed by atoms with Crippen molar-refractivity contribution >= 4 is 46.6 Å². The molecule has 21 heavy (non-hydrogen) atoms. The average Bonchev–Trinajstić information content (AvgIpc) is 2.53. The van der Waals surface area contributed by atoms with E-state index in [1.165, 1.54) is 0 Å². The molecule has 0 saturated carbocycles. The van der Waals surface area contributed by atoms with Crippen molar-refractivity contribution in [2.45, 2.75) is 22.5 Å². The lowest BCUT2D eigenvalue weighted by Crippen LogP contribution is -2.51. The van der Waals surface area contributed by atoms with E-state index >= 15 is 0 Å². The Morgan fingerprint density at radius 2 is 1.95 bits per heavy atom. The summed E-state index contributed by atoms with van der Waals surface area (Å²) in [5.74, 6) is 0.685. The van der Waals surface area contributed by atoms with Gasteiger partial charge in [0.15, 0.2) is 0 Å². The maximum Gasteiger partial charge on any atom is 0.232 e. The number of carbonyl (C=O) groups is 1. The van der Waals surface area contributed by atoms with Crippen LogP contribution >= 0.6 is 35.7 Å². The summed E-state index contributed by atoms with van der Waals surface area (Å²) in [5, 5.41) is 0. The lowest BCUT2D eigenvalue weighted by Gasteiger charge is -2.40. The fraction of sp³-hybridized carbons (Fsp3) is 0.467. The molecule has 0 unspecified atom stereocenters. The Bertz CT molecular complexity index is 499. The second kappa shape index (κ2) is 7.51. The molecule has 0 aliphatic carbocycles. The Balaban J connectivity index is 1.84. The Morgan fingerprint density at radius 1 is 1.33 bits per heavy atom. The molecule has 114 valence electrons. The smallest absolute Gasteiger partial charge is 0.232 e. The van der Waals surface area contributed by atoms with Crippen LogP contribution in [0.3, 0.4) is 0 Å². The minimum atomic E-state index is -0.126. The average molecular weight is 341 g/mol. The van der Waals surface area contributed by atoms with Crippen LogP contribution in [0, 0.1) is 0 Å². The molecule has 0 aromatic heterocycles. The Hall–Kier alpha value is -0.720. The van der Waals surface area contributed by atoms with Crippen LogP contribution in [0.15, 0.2) is 35.2 Å². The second-order valence-corrected chi connectivity index (χ2v) is 7.72. The SMILES string of the molecule is CSC1(C(N)=S)CCN(C(=O)CSc2ccccc2)CC1. The topological polar surface area (TPSA) is 46.3 Å². The summed E-state index contributed by atoms with van der Waals surface area (Å²) in [7, 11) is 0. The number of nitrogens with two attached hydrogens (primary N) is 1. The second-order valence-electron chi connectivity index (χ2n) is 5.05. The largest absolute Gasteiger partial charge is 0.392 e. The summed E-state index contributed by atoms with van der Waals surface area (Å²) in [6.45, 7) is 1.48. The number of nitrogens with zero attached hydrogens (tertiary/aromatic N) is 1. The van der Waals surface area contributed by atoms with Gasteiger partial charge in [-0.1, -0.05) is 30.4 Å². The Morgan fingerprint density at radius 3 is 2.48 bits per heavy atom. The van der Waals surface area contributed by atoms with Crippen molar-refractivity contribution < 1.29 is 4.79 Å². The van der Waals surface area contributed by atoms with Crippen molar-refractivity contribution in [3.63, 3.8) is 0 Å². The van der Waals surface area contributed by atoms with Crippen molar-refractivity contribution in [1.29, 1.82) is 0 Å². The third kappa shape index (κ3) is 4.14. The molecule has 1 aliphatic rings. The van der Waals surface area contributed by atoms with Crippen molar-refractivity contribution in [1.82, 2.24) is 4.90 Å². The molecule has 0 bridgehead atoms. The van der Waals surface area contributed by atoms with E-state index < -0.39 is 0 Å². The van der Waals surface area contributed by atoms with E-state index in [0.717, 1.165) is 30.8 Å². The molecule has 3 nitrogen and oxygen atoms in total. The summed E-state index contributed by atoms with van der Waals surface area (Å²) in [4.78, 5) is 15.9. The van der Waals surface area contributed by atoms with Gasteiger partial charge in [0.25, 0.3) is 0 Å². The van der Waals surface area contributed by atoms with Crippen molar-refractivity contribution in [3.05, 3.63) is 30.3 Å². The molecule has 2 N–H and O–H groups in total. The maximum absolute atomic E-state index is 12.3. The lowest BCUT2D eigenvalue weighted by atomic mass is 9.95. The summed E-state index contributed by atoms with van der Waals surface area (Å²) in [6, 6.07) is 10.0. The van der Waals surface area contributed by atoms with E-state index in [1.807, 2.05) is 41.5 Å². The summed E-state index contributed by atoms with van der Waals surface area (Å²) in [6.07, 6.45) is 3.75. The highest BCUT2D eigenvalue weighted by Crippen LogP contribution is 2.35. The van der Waals surface area contributed by atoms with E-state index in [2.05, 4.69) is 0 Å². The van der Waals surface area contributed by atoms with Gasteiger partial charge in [-0.15, -0.1) is 11.8 Å². The summed E-state index contributed by atoms with van der Waals surface area (Å²) < 4.78 is -0.126. The third-order valence-electron chi connectivity index (χ3n) is 3.87. The van der Waals surface area contributed by atoms with Crippen molar-refractivity contribution in [2.75, 3.05) is 25.1 Å². The van der Waals surface area contributed by atoms with Gasteiger partial charge in [0.1, 0.15) is 0 Å². The molecule has 0 spiro atoms. The molecule has 1 fully saturated rings. The molecular weight excluding hydrogens is 320 g/mol. The van der Waals surface area contributed by atoms with Gasteiger partial charge in [-0.05, 0) is 31.2 Å². The molecule has 1 amide bonds. The van der Waals surface area contributed by atoms with Gasteiger partial charge in [-0.3, -0.25) is 4.79 Å². The standard InChI is InChI=1S/C15H20N2OS3/c1-20-15(14(16)19)7-9-17(10-8-15)13(18)11-21-12-5-3-2-4-6-12/h2-6H,7-11H2,1H3,(H2,16,19). The summed E-state index contributed by atoms with van der Waals surface area (Å²) >= 11 is 8.50. The van der Waals surface area contributed by atoms with Gasteiger partial charge in [0.2, 0.25) is 5.91 Å². The van der Waals surface area contributed by atoms with Crippen molar-refractivity contribution in [3.8, 4) is 0 Å². The number of hydrogen-bond donors (Lipinski definition) is 1. The first-order chi connectivity index (χ1) is 10.1. The number of carbonyl (C=O) groups excluding carboxylic acids is 1. The minimum Gasteiger partial charge on any atom is -0.392 e. The molecule has 6 heteroatoms. The first kappa shape index (κ1) is 16.6. The third-order valence-corrected chi connectivity index (χ3v) is 6.80. The lowest BCUT2D eigenvalue weighted by molar-refractivity contribution is -0.129. The maximum atomic E-state index is 12.3. The van der Waals surface area contributed by atoms with E-state index in [0.29, 0.717) is 10.7 Å². The molecule has 2 rings (SSSR count). The van der Waals surface area contributed by atoms with Crippen molar-refractivity contribution in [2.24, 2.45) is 5.73 Å². The van der Waals surface area contributed by atoms with Gasteiger partial charge in [-0.2, -0.15) is 11.8 Å². The van der Waals surface area contributed by atoms with Gasteiger partial charge in [0, 0.05) is 18.0 Å². The highest BCUT2D eigenvalue weighted by Gasteiger charge is 2.37. The van der Waals surface area contributed by atoms with Gasteiger partial charge < -0.3 is 10.6 Å². The van der Waals surface area contributed by atoms with Crippen LogP contribution in [0.2, 0.25) is 0 Å². The zero-order valence-electron chi connectivity index (χ0n) is 12.1. The van der Waals surface area contributed by atoms with E-state index in [4.69, 9.17) is 18.0 Å². The monoisotopic (exact) mass is 340 g/mol. The van der Waals surface area contributed by atoms with Gasteiger partial charge >= 0.3 is 0 Å². The number of hydrogen-bond acceptors (Lipinski definition) is 4. The van der Waals surface area contributed by atoms with Crippen LogP contribution in [-0.4, -0.2) is 45.6 Å². The van der Waals surface area contributed by atoms with Crippen LogP contribution in [0.5, 0.6) is 0 Å². The number of amides is 1. The summed E-state index contributed by atoms with van der Waals surface area (Å²) in [5.41, 5.74) is 5.87. The number of rotatable bonds is 5. The number of thiocarbonyl (C=S) groups is 1.